The Balaban J connectivity index is 1.79. The highest BCUT2D eigenvalue weighted by Gasteiger charge is 2.21. The molecule has 0 saturated carbocycles. The Morgan fingerprint density at radius 3 is 2.58 bits per heavy atom. The summed E-state index contributed by atoms with van der Waals surface area (Å²) >= 11 is 0. The highest BCUT2D eigenvalue weighted by Crippen LogP contribution is 2.17. The molecule has 1 aromatic heterocycles. The van der Waals surface area contributed by atoms with Gasteiger partial charge in [0.05, 0.1) is 12.7 Å². The number of aromatic nitrogens is 3. The quantitative estimate of drug-likeness (QED) is 0.632. The fraction of sp³-hybridized carbons (Fsp3) is 0.833. The van der Waals surface area contributed by atoms with Crippen LogP contribution in [0.2, 0.25) is 0 Å². The number of nitrogens with zero attached hydrogens (tertiary/aromatic N) is 4. The third-order valence-corrected chi connectivity index (χ3v) is 4.81. The molecule has 1 aromatic rings. The molecule has 0 aliphatic carbocycles. The maximum Gasteiger partial charge on any atom is 0.273 e. The molecule has 1 aliphatic heterocycles. The minimum atomic E-state index is -0.385. The summed E-state index contributed by atoms with van der Waals surface area (Å²) in [6.07, 6.45) is 3.71. The van der Waals surface area contributed by atoms with Gasteiger partial charge in [-0.2, -0.15) is 0 Å². The van der Waals surface area contributed by atoms with E-state index in [1.807, 2.05) is 13.8 Å². The number of likely N-dealkylation sites (tertiary alicyclic amines) is 1. The summed E-state index contributed by atoms with van der Waals surface area (Å²) in [6, 6.07) is 0.321. The van der Waals surface area contributed by atoms with Crippen LogP contribution >= 0.6 is 0 Å². The molecule has 1 amide bonds. The number of carbonyl (C=O) groups excluding carboxylic acids is 1. The second kappa shape index (κ2) is 10.6. The molecule has 1 saturated heterocycles. The average Bonchev–Trinajstić information content (AvgIpc) is 3.09. The number of hydrogen-bond donors (Lipinski definition) is 1. The van der Waals surface area contributed by atoms with Crippen molar-refractivity contribution >= 4 is 5.91 Å². The molecule has 1 aliphatic rings. The summed E-state index contributed by atoms with van der Waals surface area (Å²) in [5.74, 6) is 0.609. The Hall–Kier alpha value is -1.51. The van der Waals surface area contributed by atoms with Gasteiger partial charge in [0.1, 0.15) is 0 Å². The molecule has 8 heteroatoms. The van der Waals surface area contributed by atoms with E-state index >= 15 is 0 Å². The monoisotopic (exact) mass is 367 g/mol. The van der Waals surface area contributed by atoms with Crippen LogP contribution < -0.4 is 5.32 Å². The van der Waals surface area contributed by atoms with Crippen LogP contribution in [0.4, 0.5) is 0 Å². The van der Waals surface area contributed by atoms with Crippen molar-refractivity contribution in [3.8, 4) is 0 Å². The second-order valence-electron chi connectivity index (χ2n) is 6.94. The Morgan fingerprint density at radius 2 is 1.96 bits per heavy atom. The number of rotatable bonds is 10. The van der Waals surface area contributed by atoms with E-state index < -0.39 is 0 Å². The van der Waals surface area contributed by atoms with Gasteiger partial charge < -0.3 is 14.8 Å². The molecule has 2 rings (SSSR count). The Kier molecular flexibility index (Phi) is 8.47. The zero-order valence-electron chi connectivity index (χ0n) is 16.5. The molecule has 0 spiro atoms. The van der Waals surface area contributed by atoms with Crippen molar-refractivity contribution in [3.05, 3.63) is 11.9 Å². The minimum Gasteiger partial charge on any atom is -0.351 e. The van der Waals surface area contributed by atoms with Crippen LogP contribution in [-0.2, 0) is 16.0 Å². The first kappa shape index (κ1) is 20.8. The first-order valence-electron chi connectivity index (χ1n) is 9.69. The lowest BCUT2D eigenvalue weighted by molar-refractivity contribution is -0.145. The van der Waals surface area contributed by atoms with Gasteiger partial charge in [-0.1, -0.05) is 12.1 Å². The van der Waals surface area contributed by atoms with Crippen LogP contribution in [0.1, 0.15) is 51.0 Å². The van der Waals surface area contributed by atoms with Crippen molar-refractivity contribution < 1.29 is 14.3 Å². The normalized spacial score (nSPS) is 17.6. The summed E-state index contributed by atoms with van der Waals surface area (Å²) in [4.78, 5) is 14.8. The van der Waals surface area contributed by atoms with E-state index in [4.69, 9.17) is 9.47 Å². The van der Waals surface area contributed by atoms with Gasteiger partial charge in [0, 0.05) is 25.8 Å². The highest BCUT2D eigenvalue weighted by atomic mass is 16.7. The average molecular weight is 367 g/mol. The lowest BCUT2D eigenvalue weighted by Crippen LogP contribution is -2.45. The van der Waals surface area contributed by atoms with Crippen molar-refractivity contribution in [3.63, 3.8) is 0 Å². The Morgan fingerprint density at radius 1 is 1.31 bits per heavy atom. The van der Waals surface area contributed by atoms with Gasteiger partial charge in [0.25, 0.3) is 5.91 Å². The molecule has 2 heterocycles. The number of piperidine rings is 1. The van der Waals surface area contributed by atoms with Crippen LogP contribution in [0, 0.1) is 5.92 Å². The van der Waals surface area contributed by atoms with E-state index in [-0.39, 0.29) is 12.2 Å². The molecule has 1 N–H and O–H groups in total. The number of ether oxygens (including phenoxy) is 2. The fourth-order valence-corrected chi connectivity index (χ4v) is 3.10. The molecular weight excluding hydrogens is 334 g/mol. The molecule has 26 heavy (non-hydrogen) atoms. The molecule has 148 valence electrons. The summed E-state index contributed by atoms with van der Waals surface area (Å²) in [5, 5.41) is 10.9. The summed E-state index contributed by atoms with van der Waals surface area (Å²) in [6.45, 7) is 12.6. The molecular formula is C18H33N5O3. The largest absolute Gasteiger partial charge is 0.351 e. The first-order valence-corrected chi connectivity index (χ1v) is 9.69. The maximum atomic E-state index is 12.3. The second-order valence-corrected chi connectivity index (χ2v) is 6.94. The summed E-state index contributed by atoms with van der Waals surface area (Å²) in [7, 11) is 0. The molecule has 0 bridgehead atoms. The van der Waals surface area contributed by atoms with Gasteiger partial charge in [-0.3, -0.25) is 9.69 Å². The summed E-state index contributed by atoms with van der Waals surface area (Å²) in [5.41, 5.74) is 0.316. The topological polar surface area (TPSA) is 81.5 Å². The van der Waals surface area contributed by atoms with Crippen molar-refractivity contribution in [2.45, 2.75) is 59.4 Å². The highest BCUT2D eigenvalue weighted by molar-refractivity contribution is 5.91. The van der Waals surface area contributed by atoms with E-state index in [1.54, 1.807) is 10.9 Å². The Bertz CT molecular complexity index is 537. The molecule has 0 aromatic carbocycles. The number of amides is 1. The van der Waals surface area contributed by atoms with E-state index in [9.17, 15) is 4.79 Å². The van der Waals surface area contributed by atoms with Gasteiger partial charge in [0.15, 0.2) is 12.0 Å². The lowest BCUT2D eigenvalue weighted by atomic mass is 9.98. The summed E-state index contributed by atoms with van der Waals surface area (Å²) < 4.78 is 12.6. The standard InChI is InChI=1S/C18H33N5O3/c1-5-25-17(26-6-2)13-23-12-16(20-21-23)18(24)19-11-15(4)22-9-7-14(3)8-10-22/h12,14-15,17H,5-11,13H2,1-4H3,(H,19,24). The SMILES string of the molecule is CCOC(Cn1cc(C(=O)NCC(C)N2CCC(C)CC2)nn1)OCC. The van der Waals surface area contributed by atoms with Crippen LogP contribution in [-0.4, -0.2) is 71.0 Å². The lowest BCUT2D eigenvalue weighted by Gasteiger charge is -2.34. The van der Waals surface area contributed by atoms with Crippen molar-refractivity contribution in [1.29, 1.82) is 0 Å². The van der Waals surface area contributed by atoms with Gasteiger partial charge in [-0.25, -0.2) is 4.68 Å². The van der Waals surface area contributed by atoms with E-state index in [2.05, 4.69) is 34.4 Å². The van der Waals surface area contributed by atoms with Crippen molar-refractivity contribution in [2.24, 2.45) is 5.92 Å². The van der Waals surface area contributed by atoms with Crippen LogP contribution in [0.5, 0.6) is 0 Å². The molecule has 8 nitrogen and oxygen atoms in total. The zero-order valence-corrected chi connectivity index (χ0v) is 16.5. The molecule has 1 atom stereocenters. The van der Waals surface area contributed by atoms with Gasteiger partial charge >= 0.3 is 0 Å². The van der Waals surface area contributed by atoms with Crippen molar-refractivity contribution in [2.75, 3.05) is 32.8 Å². The first-order chi connectivity index (χ1) is 12.5. The van der Waals surface area contributed by atoms with Gasteiger partial charge in [0.2, 0.25) is 0 Å². The van der Waals surface area contributed by atoms with Crippen molar-refractivity contribution in [1.82, 2.24) is 25.2 Å². The fourth-order valence-electron chi connectivity index (χ4n) is 3.10. The van der Waals surface area contributed by atoms with Gasteiger partial charge in [-0.05, 0) is 52.6 Å². The smallest absolute Gasteiger partial charge is 0.273 e. The van der Waals surface area contributed by atoms with E-state index in [0.717, 1.165) is 19.0 Å². The molecule has 1 fully saturated rings. The zero-order chi connectivity index (χ0) is 18.9. The molecule has 0 radical (unpaired) electrons. The van der Waals surface area contributed by atoms with E-state index in [1.165, 1.54) is 12.8 Å². The number of carbonyl (C=O) groups is 1. The predicted molar refractivity (Wildman–Crippen MR) is 98.8 cm³/mol. The van der Waals surface area contributed by atoms with E-state index in [0.29, 0.717) is 38.0 Å². The van der Waals surface area contributed by atoms with Crippen LogP contribution in [0.3, 0.4) is 0 Å². The minimum absolute atomic E-state index is 0.196. The van der Waals surface area contributed by atoms with Gasteiger partial charge in [-0.15, -0.1) is 5.10 Å². The number of nitrogens with one attached hydrogen (secondary N) is 1. The predicted octanol–water partition coefficient (Wildman–Crippen LogP) is 1.53. The maximum absolute atomic E-state index is 12.3. The third kappa shape index (κ3) is 6.34. The third-order valence-electron chi connectivity index (χ3n) is 4.81. The molecule has 1 unspecified atom stereocenters. The number of hydrogen-bond acceptors (Lipinski definition) is 6. The van der Waals surface area contributed by atoms with Crippen LogP contribution in [0.15, 0.2) is 6.20 Å². The van der Waals surface area contributed by atoms with Crippen LogP contribution in [0.25, 0.3) is 0 Å². The Labute approximate surface area is 156 Å².